The molecule has 0 heterocycles. The topological polar surface area (TPSA) is 34.1 Å². The van der Waals surface area contributed by atoms with E-state index in [1.807, 2.05) is 6.42 Å². The second-order valence-corrected chi connectivity index (χ2v) is 5.78. The van der Waals surface area contributed by atoms with E-state index in [1.54, 1.807) is 6.07 Å². The van der Waals surface area contributed by atoms with Gasteiger partial charge in [-0.25, -0.2) is 8.42 Å². The quantitative estimate of drug-likeness (QED) is 0.780. The second-order valence-electron chi connectivity index (χ2n) is 3.87. The molecule has 2 rings (SSSR count). The van der Waals surface area contributed by atoms with Gasteiger partial charge in [0.2, 0.25) is 0 Å². The Hall–Kier alpha value is -1.04. The first-order valence-electron chi connectivity index (χ1n) is 5.08. The van der Waals surface area contributed by atoms with E-state index in [2.05, 4.69) is 0 Å². The molecule has 1 aliphatic carbocycles. The highest BCUT2D eigenvalue weighted by Gasteiger charge is 2.48. The number of fused-ring (bicyclic) bond motifs is 1. The monoisotopic (exact) mass is 263 g/mol. The molecule has 0 amide bonds. The van der Waals surface area contributed by atoms with Crippen molar-refractivity contribution < 1.29 is 21.6 Å². The van der Waals surface area contributed by atoms with E-state index in [0.717, 1.165) is 6.07 Å². The van der Waals surface area contributed by atoms with Crippen LogP contribution in [0, 0.1) is 6.42 Å². The molecule has 1 radical (unpaired) electrons. The number of rotatable bonds is 1. The lowest BCUT2D eigenvalue weighted by Gasteiger charge is -2.19. The summed E-state index contributed by atoms with van der Waals surface area (Å²) in [7, 11) is -5.23. The lowest BCUT2D eigenvalue weighted by Crippen LogP contribution is -2.25. The molecule has 0 spiro atoms. The predicted octanol–water partition coefficient (Wildman–Crippen LogP) is 2.67. The van der Waals surface area contributed by atoms with Gasteiger partial charge in [0.1, 0.15) is 0 Å². The number of alkyl halides is 3. The molecule has 0 saturated heterocycles. The van der Waals surface area contributed by atoms with Crippen molar-refractivity contribution in [2.24, 2.45) is 0 Å². The van der Waals surface area contributed by atoms with Crippen LogP contribution in [-0.4, -0.2) is 13.9 Å². The first-order valence-corrected chi connectivity index (χ1v) is 6.56. The van der Waals surface area contributed by atoms with Gasteiger partial charge in [0, 0.05) is 0 Å². The molecular formula is C11H10F3O2S. The Morgan fingerprint density at radius 2 is 1.88 bits per heavy atom. The molecule has 6 heteroatoms. The second kappa shape index (κ2) is 4.01. The summed E-state index contributed by atoms with van der Waals surface area (Å²) in [6.45, 7) is 0. The fourth-order valence-electron chi connectivity index (χ4n) is 1.97. The molecule has 0 bridgehead atoms. The van der Waals surface area contributed by atoms with Crippen molar-refractivity contribution in [1.82, 2.24) is 0 Å². The molecule has 2 nitrogen and oxygen atoms in total. The summed E-state index contributed by atoms with van der Waals surface area (Å²) in [5.41, 5.74) is -4.25. The van der Waals surface area contributed by atoms with Crippen LogP contribution in [-0.2, 0) is 22.7 Å². The first-order chi connectivity index (χ1) is 7.84. The molecule has 0 aromatic heterocycles. The van der Waals surface area contributed by atoms with Gasteiger partial charge in [-0.2, -0.15) is 13.2 Å². The molecule has 0 N–H and O–H groups in total. The van der Waals surface area contributed by atoms with Gasteiger partial charge in [-0.1, -0.05) is 12.1 Å². The fraction of sp³-hybridized carbons (Fsp3) is 0.364. The van der Waals surface area contributed by atoms with Crippen molar-refractivity contribution >= 4 is 9.84 Å². The minimum Gasteiger partial charge on any atom is -0.214 e. The van der Waals surface area contributed by atoms with E-state index >= 15 is 0 Å². The molecule has 0 unspecified atom stereocenters. The highest BCUT2D eigenvalue weighted by molar-refractivity contribution is 7.92. The maximum absolute atomic E-state index is 12.5. The molecule has 17 heavy (non-hydrogen) atoms. The van der Waals surface area contributed by atoms with Crippen molar-refractivity contribution in [3.8, 4) is 0 Å². The molecule has 1 aromatic carbocycles. The van der Waals surface area contributed by atoms with Crippen LogP contribution in [0.15, 0.2) is 23.1 Å². The van der Waals surface area contributed by atoms with Gasteiger partial charge in [-0.3, -0.25) is 0 Å². The van der Waals surface area contributed by atoms with Crippen LogP contribution in [0.2, 0.25) is 0 Å². The van der Waals surface area contributed by atoms with Crippen molar-refractivity contribution in [1.29, 1.82) is 0 Å². The lowest BCUT2D eigenvalue weighted by molar-refractivity contribution is -0.0436. The average Bonchev–Trinajstić information content (AvgIpc) is 2.26. The van der Waals surface area contributed by atoms with E-state index in [4.69, 9.17) is 0 Å². The summed E-state index contributed by atoms with van der Waals surface area (Å²) < 4.78 is 60.3. The normalized spacial score (nSPS) is 16.6. The molecule has 0 saturated carbocycles. The van der Waals surface area contributed by atoms with Crippen molar-refractivity contribution in [2.75, 3.05) is 0 Å². The van der Waals surface area contributed by atoms with Gasteiger partial charge < -0.3 is 0 Å². The number of halogens is 3. The van der Waals surface area contributed by atoms with Gasteiger partial charge in [0.25, 0.3) is 9.84 Å². The predicted molar refractivity (Wildman–Crippen MR) is 56.0 cm³/mol. The zero-order valence-electron chi connectivity index (χ0n) is 8.79. The lowest BCUT2D eigenvalue weighted by atomic mass is 9.92. The Kier molecular flexibility index (Phi) is 2.93. The molecule has 0 fully saturated rings. The zero-order valence-corrected chi connectivity index (χ0v) is 9.61. The first kappa shape index (κ1) is 12.4. The van der Waals surface area contributed by atoms with E-state index in [-0.39, 0.29) is 0 Å². The number of hydrogen-bond acceptors (Lipinski definition) is 2. The smallest absolute Gasteiger partial charge is 0.214 e. The van der Waals surface area contributed by atoms with Crippen LogP contribution in [0.25, 0.3) is 0 Å². The molecular weight excluding hydrogens is 253 g/mol. The SMILES string of the molecule is O=S(=O)(c1cccc2c1CC[CH]C2)C(F)(F)F. The van der Waals surface area contributed by atoms with Gasteiger partial charge in [0.15, 0.2) is 0 Å². The summed E-state index contributed by atoms with van der Waals surface area (Å²) in [4.78, 5) is -0.587. The summed E-state index contributed by atoms with van der Waals surface area (Å²) in [5, 5.41) is 0. The third-order valence-electron chi connectivity index (χ3n) is 2.79. The maximum Gasteiger partial charge on any atom is 0.501 e. The maximum atomic E-state index is 12.5. The highest BCUT2D eigenvalue weighted by atomic mass is 32.2. The van der Waals surface area contributed by atoms with Gasteiger partial charge in [0.05, 0.1) is 4.90 Å². The van der Waals surface area contributed by atoms with Gasteiger partial charge >= 0.3 is 5.51 Å². The molecule has 0 atom stereocenters. The number of hydrogen-bond donors (Lipinski definition) is 0. The Morgan fingerprint density at radius 1 is 1.18 bits per heavy atom. The third-order valence-corrected chi connectivity index (χ3v) is 4.36. The minimum atomic E-state index is -5.23. The largest absolute Gasteiger partial charge is 0.501 e. The molecule has 1 aromatic rings. The number of sulfone groups is 1. The Balaban J connectivity index is 2.61. The van der Waals surface area contributed by atoms with E-state index in [0.29, 0.717) is 30.4 Å². The van der Waals surface area contributed by atoms with Crippen LogP contribution in [0.4, 0.5) is 13.2 Å². The van der Waals surface area contributed by atoms with Crippen LogP contribution >= 0.6 is 0 Å². The molecule has 93 valence electrons. The minimum absolute atomic E-state index is 0.312. The standard InChI is InChI=1S/C11H10F3O2S/c12-11(13,14)17(15,16)10-7-3-5-8-4-1-2-6-9(8)10/h1,3,5,7H,2,4,6H2. The highest BCUT2D eigenvalue weighted by Crippen LogP contribution is 2.35. The Bertz CT molecular complexity index is 532. The summed E-state index contributed by atoms with van der Waals surface area (Å²) in [5.74, 6) is 0. The number of benzene rings is 1. The molecule has 1 aliphatic rings. The molecule has 0 aliphatic heterocycles. The van der Waals surface area contributed by atoms with Crippen molar-refractivity contribution in [3.63, 3.8) is 0 Å². The van der Waals surface area contributed by atoms with Crippen LogP contribution < -0.4 is 0 Å². The van der Waals surface area contributed by atoms with Gasteiger partial charge in [-0.15, -0.1) is 0 Å². The van der Waals surface area contributed by atoms with Crippen molar-refractivity contribution in [2.45, 2.75) is 29.7 Å². The zero-order chi connectivity index (χ0) is 12.7. The summed E-state index contributed by atoms with van der Waals surface area (Å²) >= 11 is 0. The van der Waals surface area contributed by atoms with Crippen molar-refractivity contribution in [3.05, 3.63) is 35.7 Å². The summed E-state index contributed by atoms with van der Waals surface area (Å²) in [6, 6.07) is 4.06. The van der Waals surface area contributed by atoms with Crippen LogP contribution in [0.3, 0.4) is 0 Å². The van der Waals surface area contributed by atoms with E-state index < -0.39 is 20.2 Å². The van der Waals surface area contributed by atoms with E-state index in [9.17, 15) is 21.6 Å². The van der Waals surface area contributed by atoms with Gasteiger partial charge in [-0.05, 0) is 42.9 Å². The van der Waals surface area contributed by atoms with Crippen LogP contribution in [0.5, 0.6) is 0 Å². The Morgan fingerprint density at radius 3 is 2.53 bits per heavy atom. The Labute approximate surface area is 97.4 Å². The fourth-order valence-corrected chi connectivity index (χ4v) is 3.03. The van der Waals surface area contributed by atoms with Crippen LogP contribution in [0.1, 0.15) is 17.5 Å². The summed E-state index contributed by atoms with van der Waals surface area (Å²) in [6.07, 6.45) is 3.42. The third kappa shape index (κ3) is 2.06. The average molecular weight is 263 g/mol. The van der Waals surface area contributed by atoms with E-state index in [1.165, 1.54) is 6.07 Å².